The fourth-order valence-corrected chi connectivity index (χ4v) is 4.95. The predicted molar refractivity (Wildman–Crippen MR) is 153 cm³/mol. The van der Waals surface area contributed by atoms with Gasteiger partial charge >= 0.3 is 5.97 Å². The number of para-hydroxylation sites is 1. The topological polar surface area (TPSA) is 122 Å². The van der Waals surface area contributed by atoms with Gasteiger partial charge in [0, 0.05) is 0 Å². The van der Waals surface area contributed by atoms with Gasteiger partial charge in [0.15, 0.2) is 11.5 Å². The molecule has 0 aromatic heterocycles. The molecule has 3 amide bonds. The van der Waals surface area contributed by atoms with Crippen LogP contribution in [0.1, 0.15) is 28.4 Å². The van der Waals surface area contributed by atoms with Gasteiger partial charge in [-0.05, 0) is 72.3 Å². The molecule has 1 saturated heterocycles. The van der Waals surface area contributed by atoms with Crippen LogP contribution in [-0.2, 0) is 16.2 Å². The highest BCUT2D eigenvalue weighted by atomic mass is 35.5. The second-order valence-electron chi connectivity index (χ2n) is 8.35. The summed E-state index contributed by atoms with van der Waals surface area (Å²) in [6.45, 7) is 1.72. The molecule has 4 rings (SSSR count). The minimum atomic E-state index is -1.03. The van der Waals surface area contributed by atoms with Gasteiger partial charge in [-0.25, -0.2) is 4.79 Å². The minimum absolute atomic E-state index is 0.105. The van der Waals surface area contributed by atoms with E-state index in [0.29, 0.717) is 40.4 Å². The lowest BCUT2D eigenvalue weighted by atomic mass is 10.1. The summed E-state index contributed by atoms with van der Waals surface area (Å²) in [6, 6.07) is 16.0. The Balaban J connectivity index is 1.48. The Bertz CT molecular complexity index is 1510. The Labute approximate surface area is 243 Å². The molecule has 0 aliphatic carbocycles. The summed E-state index contributed by atoms with van der Waals surface area (Å²) in [5.74, 6) is -1.63. The highest BCUT2D eigenvalue weighted by Gasteiger charge is 2.36. The van der Waals surface area contributed by atoms with E-state index >= 15 is 0 Å². The number of hydrogen-bond donors (Lipinski definition) is 2. The van der Waals surface area contributed by atoms with E-state index < -0.39 is 29.6 Å². The monoisotopic (exact) mass is 600 g/mol. The van der Waals surface area contributed by atoms with Crippen molar-refractivity contribution < 1.29 is 33.8 Å². The van der Waals surface area contributed by atoms with Crippen LogP contribution in [0.15, 0.2) is 65.6 Å². The first-order valence-electron chi connectivity index (χ1n) is 11.9. The molecule has 0 saturated carbocycles. The third-order valence-corrected chi connectivity index (χ3v) is 7.05. The largest absolute Gasteiger partial charge is 0.490 e. The van der Waals surface area contributed by atoms with Crippen LogP contribution in [0.2, 0.25) is 10.0 Å². The summed E-state index contributed by atoms with van der Waals surface area (Å²) in [4.78, 5) is 50.0. The van der Waals surface area contributed by atoms with E-state index in [1.165, 1.54) is 18.2 Å². The van der Waals surface area contributed by atoms with Crippen molar-refractivity contribution in [1.82, 2.24) is 4.90 Å². The van der Waals surface area contributed by atoms with E-state index in [9.17, 15) is 19.2 Å². The molecular formula is C28H22Cl2N2O7S. The summed E-state index contributed by atoms with van der Waals surface area (Å²) in [6.07, 6.45) is 1.49. The average molecular weight is 601 g/mol. The molecule has 1 fully saturated rings. The van der Waals surface area contributed by atoms with Gasteiger partial charge in [0.1, 0.15) is 13.2 Å². The number of ether oxygens (including phenoxy) is 2. The zero-order chi connectivity index (χ0) is 28.8. The van der Waals surface area contributed by atoms with Crippen molar-refractivity contribution in [2.45, 2.75) is 13.5 Å². The number of benzene rings is 3. The molecule has 1 aliphatic rings. The van der Waals surface area contributed by atoms with Gasteiger partial charge in [0.2, 0.25) is 5.91 Å². The van der Waals surface area contributed by atoms with Crippen molar-refractivity contribution in [2.24, 2.45) is 0 Å². The van der Waals surface area contributed by atoms with E-state index in [0.717, 1.165) is 10.5 Å². The lowest BCUT2D eigenvalue weighted by Crippen LogP contribution is -2.36. The van der Waals surface area contributed by atoms with Crippen molar-refractivity contribution in [1.29, 1.82) is 0 Å². The first kappa shape index (κ1) is 29.0. The molecule has 206 valence electrons. The third-order valence-electron chi connectivity index (χ3n) is 5.54. The quantitative estimate of drug-likeness (QED) is 0.258. The van der Waals surface area contributed by atoms with Crippen molar-refractivity contribution in [3.8, 4) is 11.5 Å². The second-order valence-corrected chi connectivity index (χ2v) is 10.2. The number of amides is 3. The van der Waals surface area contributed by atoms with Crippen LogP contribution in [-0.4, -0.2) is 46.2 Å². The van der Waals surface area contributed by atoms with Gasteiger partial charge in [0.05, 0.1) is 32.8 Å². The fraction of sp³-hybridized carbons (Fsp3) is 0.143. The number of rotatable bonds is 10. The normalized spacial score (nSPS) is 14.0. The van der Waals surface area contributed by atoms with E-state index in [-0.39, 0.29) is 27.8 Å². The van der Waals surface area contributed by atoms with Crippen LogP contribution >= 0.6 is 35.0 Å². The van der Waals surface area contributed by atoms with E-state index in [1.807, 2.05) is 0 Å². The SMILES string of the molecule is CCOc1cc(/C=C2/SC(=O)N(CC(=O)Nc3ccccc3Cl)C2=O)cc(Cl)c1OCc1ccc(C(=O)O)cc1. The number of carbonyl (C=O) groups excluding carboxylic acids is 3. The van der Waals surface area contributed by atoms with Gasteiger partial charge in [-0.15, -0.1) is 0 Å². The van der Waals surface area contributed by atoms with Gasteiger partial charge in [-0.1, -0.05) is 47.5 Å². The van der Waals surface area contributed by atoms with Crippen LogP contribution in [0.25, 0.3) is 6.08 Å². The molecule has 3 aromatic carbocycles. The summed E-state index contributed by atoms with van der Waals surface area (Å²) in [5, 5.41) is 11.6. The Morgan fingerprint density at radius 1 is 1.02 bits per heavy atom. The molecule has 9 nitrogen and oxygen atoms in total. The summed E-state index contributed by atoms with van der Waals surface area (Å²) in [7, 11) is 0. The van der Waals surface area contributed by atoms with E-state index in [1.54, 1.807) is 55.5 Å². The maximum atomic E-state index is 12.9. The number of anilines is 1. The molecule has 0 bridgehead atoms. The molecule has 12 heteroatoms. The predicted octanol–water partition coefficient (Wildman–Crippen LogP) is 6.34. The number of nitrogens with zero attached hydrogens (tertiary/aromatic N) is 1. The third kappa shape index (κ3) is 6.95. The van der Waals surface area contributed by atoms with Crippen LogP contribution < -0.4 is 14.8 Å². The highest BCUT2D eigenvalue weighted by Crippen LogP contribution is 2.39. The highest BCUT2D eigenvalue weighted by molar-refractivity contribution is 8.18. The van der Waals surface area contributed by atoms with Crippen LogP contribution in [0.5, 0.6) is 11.5 Å². The standard InChI is InChI=1S/C28H22Cl2N2O7S/c1-2-38-22-12-17(11-20(30)25(22)39-15-16-7-9-18(10-8-16)27(35)36)13-23-26(34)32(28(37)40-23)14-24(33)31-21-6-4-3-5-19(21)29/h3-13H,2,14-15H2,1H3,(H,31,33)(H,35,36)/b23-13+. The Morgan fingerprint density at radius 2 is 1.75 bits per heavy atom. The number of carboxylic acid groups (broad SMARTS) is 1. The number of hydrogen-bond acceptors (Lipinski definition) is 7. The van der Waals surface area contributed by atoms with Crippen molar-refractivity contribution >= 4 is 69.8 Å². The average Bonchev–Trinajstić information content (AvgIpc) is 3.17. The number of carbonyl (C=O) groups is 4. The van der Waals surface area contributed by atoms with E-state index in [4.69, 9.17) is 37.8 Å². The van der Waals surface area contributed by atoms with Crippen molar-refractivity contribution in [3.05, 3.63) is 92.3 Å². The van der Waals surface area contributed by atoms with E-state index in [2.05, 4.69) is 5.32 Å². The van der Waals surface area contributed by atoms with Crippen LogP contribution in [0.4, 0.5) is 10.5 Å². The Kier molecular flexibility index (Phi) is 9.36. The molecule has 1 heterocycles. The molecule has 3 aromatic rings. The first-order valence-corrected chi connectivity index (χ1v) is 13.4. The van der Waals surface area contributed by atoms with Gasteiger partial charge in [-0.3, -0.25) is 19.3 Å². The van der Waals surface area contributed by atoms with Crippen molar-refractivity contribution in [3.63, 3.8) is 0 Å². The summed E-state index contributed by atoms with van der Waals surface area (Å²) < 4.78 is 11.6. The number of halogens is 2. The Morgan fingerprint density at radius 3 is 2.42 bits per heavy atom. The lowest BCUT2D eigenvalue weighted by Gasteiger charge is -2.15. The Hall–Kier alpha value is -3.99. The molecule has 0 atom stereocenters. The number of aromatic carboxylic acids is 1. The molecule has 0 unspecified atom stereocenters. The number of carboxylic acids is 1. The number of imide groups is 1. The molecular weight excluding hydrogens is 579 g/mol. The maximum Gasteiger partial charge on any atom is 0.335 e. The molecule has 0 spiro atoms. The van der Waals surface area contributed by atoms with Gasteiger partial charge in [-0.2, -0.15) is 0 Å². The minimum Gasteiger partial charge on any atom is -0.490 e. The lowest BCUT2D eigenvalue weighted by molar-refractivity contribution is -0.127. The van der Waals surface area contributed by atoms with Gasteiger partial charge < -0.3 is 19.9 Å². The van der Waals surface area contributed by atoms with Gasteiger partial charge in [0.25, 0.3) is 11.1 Å². The van der Waals surface area contributed by atoms with Crippen molar-refractivity contribution in [2.75, 3.05) is 18.5 Å². The summed E-state index contributed by atoms with van der Waals surface area (Å²) >= 11 is 13.3. The first-order chi connectivity index (χ1) is 19.2. The number of nitrogens with one attached hydrogen (secondary N) is 1. The van der Waals surface area contributed by atoms with Crippen LogP contribution in [0.3, 0.4) is 0 Å². The smallest absolute Gasteiger partial charge is 0.335 e. The summed E-state index contributed by atoms with van der Waals surface area (Å²) in [5.41, 5.74) is 1.73. The second kappa shape index (κ2) is 12.9. The zero-order valence-electron chi connectivity index (χ0n) is 21.0. The molecule has 2 N–H and O–H groups in total. The number of thioether (sulfide) groups is 1. The molecule has 40 heavy (non-hydrogen) atoms. The molecule has 1 aliphatic heterocycles. The molecule has 0 radical (unpaired) electrons. The fourth-order valence-electron chi connectivity index (χ4n) is 3.66. The zero-order valence-corrected chi connectivity index (χ0v) is 23.3. The van der Waals surface area contributed by atoms with Crippen LogP contribution in [0, 0.1) is 0 Å². The maximum absolute atomic E-state index is 12.9.